The Morgan fingerprint density at radius 3 is 2.81 bits per heavy atom. The molecule has 0 saturated carbocycles. The van der Waals surface area contributed by atoms with Gasteiger partial charge in [-0.25, -0.2) is 0 Å². The van der Waals surface area contributed by atoms with E-state index in [-0.39, 0.29) is 17.9 Å². The van der Waals surface area contributed by atoms with Gasteiger partial charge in [0, 0.05) is 48.1 Å². The van der Waals surface area contributed by atoms with Crippen molar-refractivity contribution in [2.75, 3.05) is 19.3 Å². The van der Waals surface area contributed by atoms with Crippen LogP contribution in [0.15, 0.2) is 29.2 Å². The molecule has 2 amide bonds. The van der Waals surface area contributed by atoms with Gasteiger partial charge in [-0.3, -0.25) is 9.59 Å². The van der Waals surface area contributed by atoms with E-state index in [2.05, 4.69) is 5.32 Å². The zero-order valence-corrected chi connectivity index (χ0v) is 13.5. The number of benzene rings is 1. The molecule has 4 nitrogen and oxygen atoms in total. The van der Waals surface area contributed by atoms with E-state index in [1.165, 1.54) is 0 Å². The van der Waals surface area contributed by atoms with Gasteiger partial charge in [0.1, 0.15) is 0 Å². The number of thioether (sulfide) groups is 1. The van der Waals surface area contributed by atoms with Crippen molar-refractivity contribution >= 4 is 35.2 Å². The molecule has 0 bridgehead atoms. The molecular formula is C15H19ClN2O2S. The molecule has 1 N–H and O–H groups in total. The average Bonchev–Trinajstić information content (AvgIpc) is 2.45. The maximum absolute atomic E-state index is 11.9. The van der Waals surface area contributed by atoms with Gasteiger partial charge in [0.2, 0.25) is 11.8 Å². The molecule has 114 valence electrons. The van der Waals surface area contributed by atoms with Crippen LogP contribution < -0.4 is 5.32 Å². The summed E-state index contributed by atoms with van der Waals surface area (Å²) in [5, 5.41) is 3.66. The molecule has 1 aliphatic heterocycles. The van der Waals surface area contributed by atoms with Crippen molar-refractivity contribution in [3.63, 3.8) is 0 Å². The van der Waals surface area contributed by atoms with Crippen LogP contribution in [0.25, 0.3) is 0 Å². The average molecular weight is 327 g/mol. The molecule has 1 atom stereocenters. The predicted octanol–water partition coefficient (Wildman–Crippen LogP) is 2.56. The lowest BCUT2D eigenvalue weighted by atomic mass is 10.0. The molecule has 1 aliphatic rings. The van der Waals surface area contributed by atoms with Crippen molar-refractivity contribution in [3.8, 4) is 0 Å². The van der Waals surface area contributed by atoms with Crippen LogP contribution in [0.5, 0.6) is 0 Å². The molecule has 0 radical (unpaired) electrons. The van der Waals surface area contributed by atoms with E-state index in [0.29, 0.717) is 30.2 Å². The van der Waals surface area contributed by atoms with Crippen molar-refractivity contribution in [2.24, 2.45) is 0 Å². The predicted molar refractivity (Wildman–Crippen MR) is 85.6 cm³/mol. The van der Waals surface area contributed by atoms with E-state index in [9.17, 15) is 9.59 Å². The van der Waals surface area contributed by atoms with Gasteiger partial charge in [-0.1, -0.05) is 11.6 Å². The van der Waals surface area contributed by atoms with Crippen LogP contribution in [0.2, 0.25) is 5.02 Å². The quantitative estimate of drug-likeness (QED) is 0.846. The highest BCUT2D eigenvalue weighted by atomic mass is 35.5. The Hall–Kier alpha value is -1.20. The Labute approximate surface area is 134 Å². The lowest BCUT2D eigenvalue weighted by Crippen LogP contribution is -2.46. The third-order valence-electron chi connectivity index (χ3n) is 3.44. The highest BCUT2D eigenvalue weighted by Gasteiger charge is 2.24. The highest BCUT2D eigenvalue weighted by Crippen LogP contribution is 2.21. The largest absolute Gasteiger partial charge is 0.353 e. The van der Waals surface area contributed by atoms with Crippen LogP contribution in [0.1, 0.15) is 19.3 Å². The first-order valence-corrected chi connectivity index (χ1v) is 8.32. The molecule has 0 aromatic heterocycles. The van der Waals surface area contributed by atoms with Gasteiger partial charge in [0.05, 0.1) is 0 Å². The van der Waals surface area contributed by atoms with Gasteiger partial charge in [-0.05, 0) is 30.7 Å². The highest BCUT2D eigenvalue weighted by molar-refractivity contribution is 7.99. The minimum atomic E-state index is -0.0123. The van der Waals surface area contributed by atoms with Crippen LogP contribution in [-0.2, 0) is 9.59 Å². The van der Waals surface area contributed by atoms with Crippen molar-refractivity contribution < 1.29 is 9.59 Å². The Balaban J connectivity index is 1.68. The Kier molecular flexibility index (Phi) is 5.94. The third kappa shape index (κ3) is 5.25. The van der Waals surface area contributed by atoms with Gasteiger partial charge in [-0.2, -0.15) is 0 Å². The normalized spacial score (nSPS) is 18.7. The first kappa shape index (κ1) is 16.2. The lowest BCUT2D eigenvalue weighted by molar-refractivity contribution is -0.133. The lowest BCUT2D eigenvalue weighted by Gasteiger charge is -2.29. The van der Waals surface area contributed by atoms with Crippen LogP contribution in [-0.4, -0.2) is 42.1 Å². The standard InChI is InChI=1S/C15H19ClN2O2S/c1-18-8-6-12(10-15(18)20)17-14(19)7-9-21-13-4-2-11(16)3-5-13/h2-5,12H,6-10H2,1H3,(H,17,19). The molecule has 1 aromatic rings. The fourth-order valence-electron chi connectivity index (χ4n) is 2.16. The number of amides is 2. The molecule has 1 unspecified atom stereocenters. The van der Waals surface area contributed by atoms with Gasteiger partial charge >= 0.3 is 0 Å². The van der Waals surface area contributed by atoms with Crippen LogP contribution >= 0.6 is 23.4 Å². The van der Waals surface area contributed by atoms with Crippen LogP contribution in [0, 0.1) is 0 Å². The number of hydrogen-bond acceptors (Lipinski definition) is 3. The SMILES string of the molecule is CN1CCC(NC(=O)CCSc2ccc(Cl)cc2)CC1=O. The summed E-state index contributed by atoms with van der Waals surface area (Å²) in [5.74, 6) is 0.828. The summed E-state index contributed by atoms with van der Waals surface area (Å²) >= 11 is 7.45. The number of likely N-dealkylation sites (tertiary alicyclic amines) is 1. The first-order valence-electron chi connectivity index (χ1n) is 6.96. The Morgan fingerprint density at radius 1 is 1.43 bits per heavy atom. The van der Waals surface area contributed by atoms with E-state index in [1.807, 2.05) is 24.3 Å². The summed E-state index contributed by atoms with van der Waals surface area (Å²) in [6.07, 6.45) is 1.69. The zero-order valence-electron chi connectivity index (χ0n) is 12.0. The van der Waals surface area contributed by atoms with E-state index in [1.54, 1.807) is 23.7 Å². The molecule has 1 aromatic carbocycles. The maximum atomic E-state index is 11.9. The number of halogens is 1. The molecule has 6 heteroatoms. The van der Waals surface area contributed by atoms with Gasteiger partial charge < -0.3 is 10.2 Å². The summed E-state index contributed by atoms with van der Waals surface area (Å²) in [5.41, 5.74) is 0. The smallest absolute Gasteiger partial charge is 0.224 e. The van der Waals surface area contributed by atoms with Gasteiger partial charge in [-0.15, -0.1) is 11.8 Å². The number of carbonyl (C=O) groups excluding carboxylic acids is 2. The second-order valence-corrected chi connectivity index (χ2v) is 6.73. The van der Waals surface area contributed by atoms with Crippen molar-refractivity contribution in [1.82, 2.24) is 10.2 Å². The molecule has 0 aliphatic carbocycles. The first-order chi connectivity index (χ1) is 10.0. The molecule has 0 spiro atoms. The second kappa shape index (κ2) is 7.71. The topological polar surface area (TPSA) is 49.4 Å². The fraction of sp³-hybridized carbons (Fsp3) is 0.467. The van der Waals surface area contributed by atoms with Crippen molar-refractivity contribution in [1.29, 1.82) is 0 Å². The van der Waals surface area contributed by atoms with E-state index >= 15 is 0 Å². The van der Waals surface area contributed by atoms with Gasteiger partial charge in [0.15, 0.2) is 0 Å². The number of piperidine rings is 1. The van der Waals surface area contributed by atoms with Crippen molar-refractivity contribution in [3.05, 3.63) is 29.3 Å². The monoisotopic (exact) mass is 326 g/mol. The summed E-state index contributed by atoms with van der Waals surface area (Å²) in [7, 11) is 1.79. The minimum Gasteiger partial charge on any atom is -0.353 e. The Bertz CT molecular complexity index is 507. The third-order valence-corrected chi connectivity index (χ3v) is 4.70. The number of carbonyl (C=O) groups is 2. The fourth-order valence-corrected chi connectivity index (χ4v) is 3.14. The molecule has 1 saturated heterocycles. The summed E-state index contributed by atoms with van der Waals surface area (Å²) in [6, 6.07) is 7.56. The van der Waals surface area contributed by atoms with E-state index < -0.39 is 0 Å². The van der Waals surface area contributed by atoms with Crippen molar-refractivity contribution in [2.45, 2.75) is 30.2 Å². The second-order valence-electron chi connectivity index (χ2n) is 5.12. The number of nitrogens with zero attached hydrogens (tertiary/aromatic N) is 1. The van der Waals surface area contributed by atoms with E-state index in [0.717, 1.165) is 11.3 Å². The number of rotatable bonds is 5. The zero-order chi connectivity index (χ0) is 15.2. The van der Waals surface area contributed by atoms with Crippen LogP contribution in [0.4, 0.5) is 0 Å². The van der Waals surface area contributed by atoms with E-state index in [4.69, 9.17) is 11.6 Å². The Morgan fingerprint density at radius 2 is 2.14 bits per heavy atom. The number of hydrogen-bond donors (Lipinski definition) is 1. The van der Waals surface area contributed by atoms with Crippen LogP contribution in [0.3, 0.4) is 0 Å². The molecule has 1 fully saturated rings. The summed E-state index contributed by atoms with van der Waals surface area (Å²) < 4.78 is 0. The minimum absolute atomic E-state index is 0.0123. The molecule has 2 rings (SSSR count). The number of nitrogens with one attached hydrogen (secondary N) is 1. The molecular weight excluding hydrogens is 308 g/mol. The molecule has 21 heavy (non-hydrogen) atoms. The van der Waals surface area contributed by atoms with Gasteiger partial charge in [0.25, 0.3) is 0 Å². The summed E-state index contributed by atoms with van der Waals surface area (Å²) in [4.78, 5) is 26.3. The maximum Gasteiger partial charge on any atom is 0.224 e. The summed E-state index contributed by atoms with van der Waals surface area (Å²) in [6.45, 7) is 0.712. The molecule has 1 heterocycles.